The van der Waals surface area contributed by atoms with Crippen molar-refractivity contribution in [3.63, 3.8) is 0 Å². The van der Waals surface area contributed by atoms with Crippen LogP contribution in [0.2, 0.25) is 5.02 Å². The number of nitrogens with zero attached hydrogens (tertiary/aromatic N) is 1. The van der Waals surface area contributed by atoms with E-state index in [1.807, 2.05) is 13.0 Å². The number of ether oxygens (including phenoxy) is 1. The third-order valence-corrected chi connectivity index (χ3v) is 6.83. The molecule has 0 saturated carbocycles. The van der Waals surface area contributed by atoms with Gasteiger partial charge in [-0.2, -0.15) is 0 Å². The number of carbonyl (C=O) groups is 1. The van der Waals surface area contributed by atoms with E-state index >= 15 is 0 Å². The molecule has 0 aromatic heterocycles. The molecule has 8 heteroatoms. The molecule has 0 aliphatic heterocycles. The third kappa shape index (κ3) is 5.37. The monoisotopic (exact) mass is 458 g/mol. The summed E-state index contributed by atoms with van der Waals surface area (Å²) < 4.78 is 33.3. The lowest BCUT2D eigenvalue weighted by atomic mass is 10.2. The Labute approximate surface area is 187 Å². The Morgan fingerprint density at radius 2 is 1.65 bits per heavy atom. The van der Waals surface area contributed by atoms with Crippen molar-refractivity contribution in [3.05, 3.63) is 88.9 Å². The molecular weight excluding hydrogens is 436 g/mol. The van der Waals surface area contributed by atoms with Gasteiger partial charge in [-0.1, -0.05) is 59.6 Å². The van der Waals surface area contributed by atoms with Gasteiger partial charge < -0.3 is 10.1 Å². The Morgan fingerprint density at radius 3 is 2.32 bits per heavy atom. The number of aryl methyl sites for hydroxylation is 1. The Bertz CT molecular complexity index is 1160. The van der Waals surface area contributed by atoms with Crippen LogP contribution in [0.5, 0.6) is 5.75 Å². The van der Waals surface area contributed by atoms with Gasteiger partial charge in [0, 0.05) is 11.6 Å². The number of hydrogen-bond acceptors (Lipinski definition) is 4. The first-order valence-electron chi connectivity index (χ1n) is 9.55. The van der Waals surface area contributed by atoms with Gasteiger partial charge in [0.25, 0.3) is 10.0 Å². The zero-order valence-electron chi connectivity index (χ0n) is 17.2. The maximum absolute atomic E-state index is 13.4. The largest absolute Gasteiger partial charge is 0.495 e. The summed E-state index contributed by atoms with van der Waals surface area (Å²) in [5.74, 6) is -0.126. The highest BCUT2D eigenvalue weighted by Gasteiger charge is 2.29. The summed E-state index contributed by atoms with van der Waals surface area (Å²) in [6.45, 7) is 1.64. The highest BCUT2D eigenvalue weighted by molar-refractivity contribution is 7.92. The van der Waals surface area contributed by atoms with E-state index in [0.29, 0.717) is 10.8 Å². The number of hydrogen-bond donors (Lipinski definition) is 1. The number of nitrogens with one attached hydrogen (secondary N) is 1. The molecular formula is C23H23ClN2O4S. The predicted octanol–water partition coefficient (Wildman–Crippen LogP) is 4.17. The Hall–Kier alpha value is -3.03. The minimum atomic E-state index is -4.02. The molecule has 0 bridgehead atoms. The summed E-state index contributed by atoms with van der Waals surface area (Å²) in [6, 6.07) is 20.3. The lowest BCUT2D eigenvalue weighted by Gasteiger charge is -2.25. The Morgan fingerprint density at radius 1 is 1.00 bits per heavy atom. The number of methoxy groups -OCH3 is 1. The summed E-state index contributed by atoms with van der Waals surface area (Å²) in [6.07, 6.45) is 0. The number of amides is 1. The fourth-order valence-electron chi connectivity index (χ4n) is 2.99. The second-order valence-electron chi connectivity index (χ2n) is 6.86. The van der Waals surface area contributed by atoms with Crippen LogP contribution in [0, 0.1) is 6.92 Å². The molecule has 0 radical (unpaired) electrons. The van der Waals surface area contributed by atoms with Crippen LogP contribution in [-0.2, 0) is 21.4 Å². The number of halogens is 1. The van der Waals surface area contributed by atoms with Crippen LogP contribution in [0.25, 0.3) is 0 Å². The van der Waals surface area contributed by atoms with E-state index in [4.69, 9.17) is 16.3 Å². The molecule has 3 aromatic rings. The van der Waals surface area contributed by atoms with E-state index in [9.17, 15) is 13.2 Å². The SMILES string of the molecule is COc1ccccc1N(CC(=O)NCc1ccccc1Cl)S(=O)(=O)c1ccc(C)cc1. The first-order chi connectivity index (χ1) is 14.8. The average molecular weight is 459 g/mol. The van der Waals surface area contributed by atoms with Crippen LogP contribution in [-0.4, -0.2) is 28.0 Å². The standard InChI is InChI=1S/C23H23ClN2O4S/c1-17-11-13-19(14-12-17)31(28,29)26(21-9-5-6-10-22(21)30-2)16-23(27)25-15-18-7-3-4-8-20(18)24/h3-14H,15-16H2,1-2H3,(H,25,27). The molecule has 0 spiro atoms. The molecule has 31 heavy (non-hydrogen) atoms. The molecule has 0 heterocycles. The van der Waals surface area contributed by atoms with Gasteiger partial charge in [0.2, 0.25) is 5.91 Å². The fraction of sp³-hybridized carbons (Fsp3) is 0.174. The lowest BCUT2D eigenvalue weighted by Crippen LogP contribution is -2.40. The summed E-state index contributed by atoms with van der Waals surface area (Å²) in [7, 11) is -2.57. The quantitative estimate of drug-likeness (QED) is 0.549. The van der Waals surface area contributed by atoms with Gasteiger partial charge in [-0.25, -0.2) is 8.42 Å². The van der Waals surface area contributed by atoms with Crippen molar-refractivity contribution in [2.75, 3.05) is 18.0 Å². The van der Waals surface area contributed by atoms with Crippen LogP contribution in [0.1, 0.15) is 11.1 Å². The van der Waals surface area contributed by atoms with Crippen molar-refractivity contribution >= 4 is 33.2 Å². The number of carbonyl (C=O) groups excluding carboxylic acids is 1. The molecule has 6 nitrogen and oxygen atoms in total. The zero-order chi connectivity index (χ0) is 22.4. The molecule has 0 saturated heterocycles. The number of rotatable bonds is 8. The molecule has 0 fully saturated rings. The van der Waals surface area contributed by atoms with E-state index in [2.05, 4.69) is 5.32 Å². The normalized spacial score (nSPS) is 11.1. The maximum atomic E-state index is 13.4. The van der Waals surface area contributed by atoms with Gasteiger partial charge in [0.05, 0.1) is 17.7 Å². The van der Waals surface area contributed by atoms with E-state index in [-0.39, 0.29) is 17.1 Å². The Balaban J connectivity index is 1.91. The van der Waals surface area contributed by atoms with E-state index < -0.39 is 22.5 Å². The minimum absolute atomic E-state index is 0.0860. The molecule has 0 aliphatic carbocycles. The van der Waals surface area contributed by atoms with Crippen molar-refractivity contribution in [1.82, 2.24) is 5.32 Å². The number of sulfonamides is 1. The van der Waals surface area contributed by atoms with Crippen LogP contribution < -0.4 is 14.4 Å². The van der Waals surface area contributed by atoms with Crippen molar-refractivity contribution in [2.45, 2.75) is 18.4 Å². The molecule has 3 rings (SSSR count). The molecule has 0 aliphatic rings. The molecule has 0 atom stereocenters. The average Bonchev–Trinajstić information content (AvgIpc) is 2.77. The number of anilines is 1. The third-order valence-electron chi connectivity index (χ3n) is 4.68. The van der Waals surface area contributed by atoms with Crippen LogP contribution >= 0.6 is 11.6 Å². The van der Waals surface area contributed by atoms with Gasteiger partial charge in [-0.15, -0.1) is 0 Å². The minimum Gasteiger partial charge on any atom is -0.495 e. The lowest BCUT2D eigenvalue weighted by molar-refractivity contribution is -0.119. The second kappa shape index (κ2) is 9.85. The van der Waals surface area contributed by atoms with Gasteiger partial charge in [0.1, 0.15) is 12.3 Å². The number of para-hydroxylation sites is 2. The van der Waals surface area contributed by atoms with E-state index in [1.54, 1.807) is 54.6 Å². The molecule has 3 aromatic carbocycles. The topological polar surface area (TPSA) is 75.7 Å². The maximum Gasteiger partial charge on any atom is 0.264 e. The van der Waals surface area contributed by atoms with Crippen LogP contribution in [0.3, 0.4) is 0 Å². The summed E-state index contributed by atoms with van der Waals surface area (Å²) in [5, 5.41) is 3.26. The first-order valence-corrected chi connectivity index (χ1v) is 11.4. The first kappa shape index (κ1) is 22.7. The highest BCUT2D eigenvalue weighted by atomic mass is 35.5. The molecule has 0 unspecified atom stereocenters. The summed E-state index contributed by atoms with van der Waals surface area (Å²) >= 11 is 6.14. The van der Waals surface area contributed by atoms with Gasteiger partial charge in [0.15, 0.2) is 0 Å². The second-order valence-corrected chi connectivity index (χ2v) is 9.13. The van der Waals surface area contributed by atoms with E-state index in [1.165, 1.54) is 19.2 Å². The van der Waals surface area contributed by atoms with Crippen molar-refractivity contribution < 1.29 is 17.9 Å². The van der Waals surface area contributed by atoms with Crippen molar-refractivity contribution in [1.29, 1.82) is 0 Å². The fourth-order valence-corrected chi connectivity index (χ4v) is 4.63. The van der Waals surface area contributed by atoms with Crippen molar-refractivity contribution in [2.24, 2.45) is 0 Å². The summed E-state index contributed by atoms with van der Waals surface area (Å²) in [4.78, 5) is 12.8. The van der Waals surface area contributed by atoms with Gasteiger partial charge in [-0.05, 0) is 42.8 Å². The molecule has 162 valence electrons. The zero-order valence-corrected chi connectivity index (χ0v) is 18.8. The van der Waals surface area contributed by atoms with E-state index in [0.717, 1.165) is 15.4 Å². The van der Waals surface area contributed by atoms with Gasteiger partial charge >= 0.3 is 0 Å². The smallest absolute Gasteiger partial charge is 0.264 e. The Kier molecular flexibility index (Phi) is 7.20. The van der Waals surface area contributed by atoms with Crippen molar-refractivity contribution in [3.8, 4) is 5.75 Å². The number of benzene rings is 3. The highest BCUT2D eigenvalue weighted by Crippen LogP contribution is 2.32. The van der Waals surface area contributed by atoms with Gasteiger partial charge in [-0.3, -0.25) is 9.10 Å². The molecule has 1 N–H and O–H groups in total. The summed E-state index contributed by atoms with van der Waals surface area (Å²) in [5.41, 5.74) is 1.95. The van der Waals surface area contributed by atoms with Crippen LogP contribution in [0.4, 0.5) is 5.69 Å². The van der Waals surface area contributed by atoms with Crippen LogP contribution in [0.15, 0.2) is 77.7 Å². The molecule has 1 amide bonds. The predicted molar refractivity (Wildman–Crippen MR) is 122 cm³/mol.